The second kappa shape index (κ2) is 5.32. The summed E-state index contributed by atoms with van der Waals surface area (Å²) in [5.41, 5.74) is -0.542. The molecule has 0 aliphatic carbocycles. The van der Waals surface area contributed by atoms with Crippen LogP contribution < -0.4 is 4.90 Å². The van der Waals surface area contributed by atoms with E-state index < -0.39 is 11.7 Å². The van der Waals surface area contributed by atoms with Gasteiger partial charge in [0.15, 0.2) is 0 Å². The molecule has 2 rings (SSSR count). The van der Waals surface area contributed by atoms with E-state index >= 15 is 0 Å². The summed E-state index contributed by atoms with van der Waals surface area (Å²) in [5, 5.41) is 0. The van der Waals surface area contributed by atoms with Crippen molar-refractivity contribution in [2.45, 2.75) is 12.6 Å². The Kier molecular flexibility index (Phi) is 4.11. The monoisotopic (exact) mass is 355 g/mol. The van der Waals surface area contributed by atoms with Crippen molar-refractivity contribution in [3.05, 3.63) is 28.2 Å². The van der Waals surface area contributed by atoms with Crippen LogP contribution in [0.1, 0.15) is 12.0 Å². The Hall–Kier alpha value is -0.750. The highest BCUT2D eigenvalue weighted by Crippen LogP contribution is 2.41. The van der Waals surface area contributed by atoms with Crippen molar-refractivity contribution in [3.8, 4) is 0 Å². The van der Waals surface area contributed by atoms with Crippen LogP contribution in [0.4, 0.5) is 18.9 Å². The number of nitrogens with zero attached hydrogens (tertiary/aromatic N) is 1. The summed E-state index contributed by atoms with van der Waals surface area (Å²) in [6, 6.07) is 3.77. The zero-order valence-corrected chi connectivity index (χ0v) is 12.0. The van der Waals surface area contributed by atoms with E-state index in [1.165, 1.54) is 17.0 Å². The minimum atomic E-state index is -4.45. The number of carbonyl (C=O) groups is 1. The van der Waals surface area contributed by atoms with Gasteiger partial charge >= 0.3 is 6.18 Å². The van der Waals surface area contributed by atoms with E-state index in [1.54, 1.807) is 0 Å². The number of amides is 1. The van der Waals surface area contributed by atoms with Gasteiger partial charge in [0.2, 0.25) is 5.91 Å². The maximum atomic E-state index is 12.8. The number of alkyl halides is 4. The lowest BCUT2D eigenvalue weighted by atomic mass is 10.1. The van der Waals surface area contributed by atoms with Crippen molar-refractivity contribution in [1.29, 1.82) is 0 Å². The molecule has 1 amide bonds. The number of hydrogen-bond donors (Lipinski definition) is 0. The molecule has 0 radical (unpaired) electrons. The van der Waals surface area contributed by atoms with E-state index in [2.05, 4.69) is 15.9 Å². The normalized spacial score (nSPS) is 20.2. The van der Waals surface area contributed by atoms with E-state index in [0.29, 0.717) is 12.4 Å². The molecule has 1 atom stereocenters. The number of rotatable bonds is 2. The lowest BCUT2D eigenvalue weighted by Gasteiger charge is -2.20. The Morgan fingerprint density at radius 3 is 2.63 bits per heavy atom. The Morgan fingerprint density at radius 2 is 2.11 bits per heavy atom. The zero-order chi connectivity index (χ0) is 14.2. The van der Waals surface area contributed by atoms with Gasteiger partial charge in [-0.2, -0.15) is 13.2 Å². The predicted molar refractivity (Wildman–Crippen MR) is 70.3 cm³/mol. The van der Waals surface area contributed by atoms with Crippen LogP contribution >= 0.6 is 27.5 Å². The van der Waals surface area contributed by atoms with Crippen LogP contribution in [0, 0.1) is 5.92 Å². The fourth-order valence-electron chi connectivity index (χ4n) is 2.06. The number of anilines is 1. The van der Waals surface area contributed by atoms with Crippen LogP contribution in [0.3, 0.4) is 0 Å². The number of carbonyl (C=O) groups excluding carboxylic acids is 1. The summed E-state index contributed by atoms with van der Waals surface area (Å²) in [6.45, 7) is 0.349. The van der Waals surface area contributed by atoms with Gasteiger partial charge in [-0.05, 0) is 34.0 Å². The second-order valence-corrected chi connectivity index (χ2v) is 5.47. The first-order chi connectivity index (χ1) is 8.84. The summed E-state index contributed by atoms with van der Waals surface area (Å²) in [7, 11) is 0. The summed E-state index contributed by atoms with van der Waals surface area (Å²) >= 11 is 8.65. The molecule has 1 aliphatic rings. The summed E-state index contributed by atoms with van der Waals surface area (Å²) in [4.78, 5) is 13.2. The third kappa shape index (κ3) is 2.89. The van der Waals surface area contributed by atoms with Gasteiger partial charge in [0.05, 0.1) is 15.7 Å². The minimum Gasteiger partial charge on any atom is -0.311 e. The topological polar surface area (TPSA) is 20.3 Å². The van der Waals surface area contributed by atoms with Crippen LogP contribution in [-0.4, -0.2) is 18.3 Å². The van der Waals surface area contributed by atoms with Crippen molar-refractivity contribution in [2.24, 2.45) is 5.92 Å². The molecule has 1 heterocycles. The molecule has 2 nitrogen and oxygen atoms in total. The van der Waals surface area contributed by atoms with Gasteiger partial charge in [0.25, 0.3) is 0 Å². The first-order valence-corrected chi connectivity index (χ1v) is 6.89. The highest BCUT2D eigenvalue weighted by Gasteiger charge is 2.37. The van der Waals surface area contributed by atoms with Gasteiger partial charge < -0.3 is 4.90 Å². The van der Waals surface area contributed by atoms with Crippen molar-refractivity contribution >= 4 is 39.1 Å². The molecule has 0 saturated carbocycles. The lowest BCUT2D eigenvalue weighted by molar-refractivity contribution is -0.138. The van der Waals surface area contributed by atoms with Gasteiger partial charge in [0.1, 0.15) is 0 Å². The second-order valence-electron chi connectivity index (χ2n) is 4.37. The quantitative estimate of drug-likeness (QED) is 0.732. The first kappa shape index (κ1) is 14.7. The summed E-state index contributed by atoms with van der Waals surface area (Å²) in [6.07, 6.45) is -4.18. The van der Waals surface area contributed by atoms with E-state index in [4.69, 9.17) is 11.6 Å². The van der Waals surface area contributed by atoms with Crippen LogP contribution in [0.25, 0.3) is 0 Å². The van der Waals surface area contributed by atoms with Crippen LogP contribution in [0.5, 0.6) is 0 Å². The summed E-state index contributed by atoms with van der Waals surface area (Å²) in [5.74, 6) is 0.0972. The van der Waals surface area contributed by atoms with E-state index in [-0.39, 0.29) is 28.4 Å². The molecular weight excluding hydrogens is 346 g/mol. The Morgan fingerprint density at radius 1 is 1.42 bits per heavy atom. The number of hydrogen-bond acceptors (Lipinski definition) is 1. The zero-order valence-electron chi connectivity index (χ0n) is 9.68. The Bertz CT molecular complexity index is 506. The van der Waals surface area contributed by atoms with E-state index in [9.17, 15) is 18.0 Å². The molecule has 104 valence electrons. The van der Waals surface area contributed by atoms with Crippen LogP contribution in [0.2, 0.25) is 0 Å². The molecule has 0 spiro atoms. The average molecular weight is 357 g/mol. The Labute approximate surface area is 121 Å². The molecule has 1 aromatic rings. The van der Waals surface area contributed by atoms with E-state index in [0.717, 1.165) is 6.07 Å². The fourth-order valence-corrected chi connectivity index (χ4v) is 2.97. The molecule has 1 aliphatic heterocycles. The highest BCUT2D eigenvalue weighted by atomic mass is 79.9. The van der Waals surface area contributed by atoms with Gasteiger partial charge in [0, 0.05) is 18.8 Å². The largest absolute Gasteiger partial charge is 0.417 e. The molecular formula is C12H10BrClF3NO. The number of benzene rings is 1. The maximum Gasteiger partial charge on any atom is 0.417 e. The average Bonchev–Trinajstić information content (AvgIpc) is 2.69. The molecule has 1 aromatic carbocycles. The van der Waals surface area contributed by atoms with E-state index in [1.807, 2.05) is 0 Å². The molecule has 1 unspecified atom stereocenters. The molecule has 19 heavy (non-hydrogen) atoms. The smallest absolute Gasteiger partial charge is 0.311 e. The van der Waals surface area contributed by atoms with Crippen molar-refractivity contribution in [1.82, 2.24) is 0 Å². The molecule has 1 saturated heterocycles. The maximum absolute atomic E-state index is 12.8. The van der Waals surface area contributed by atoms with Crippen molar-refractivity contribution < 1.29 is 18.0 Å². The molecule has 7 heteroatoms. The van der Waals surface area contributed by atoms with Gasteiger partial charge in [-0.15, -0.1) is 11.6 Å². The predicted octanol–water partition coefficient (Wildman–Crippen LogP) is 4.06. The molecule has 0 N–H and O–H groups in total. The van der Waals surface area contributed by atoms with Crippen molar-refractivity contribution in [3.63, 3.8) is 0 Å². The molecule has 0 bridgehead atoms. The molecule has 1 fully saturated rings. The molecule has 0 aromatic heterocycles. The van der Waals surface area contributed by atoms with Crippen LogP contribution in [-0.2, 0) is 11.0 Å². The third-order valence-electron chi connectivity index (χ3n) is 3.00. The number of halogens is 5. The standard InChI is InChI=1S/C12H10BrClF3NO/c13-11-8(12(15,16)17)2-1-3-9(11)18-6-7(5-14)4-10(18)19/h1-3,7H,4-6H2. The highest BCUT2D eigenvalue weighted by molar-refractivity contribution is 9.10. The minimum absolute atomic E-state index is 0.0180. The van der Waals surface area contributed by atoms with Gasteiger partial charge in [-0.3, -0.25) is 4.79 Å². The fraction of sp³-hybridized carbons (Fsp3) is 0.417. The SMILES string of the molecule is O=C1CC(CCl)CN1c1cccc(C(F)(F)F)c1Br. The third-order valence-corrected chi connectivity index (χ3v) is 4.27. The summed E-state index contributed by atoms with van der Waals surface area (Å²) < 4.78 is 38.3. The van der Waals surface area contributed by atoms with Crippen LogP contribution in [0.15, 0.2) is 22.7 Å². The Balaban J connectivity index is 2.39. The van der Waals surface area contributed by atoms with Gasteiger partial charge in [-0.25, -0.2) is 0 Å². The lowest BCUT2D eigenvalue weighted by Crippen LogP contribution is -2.25. The van der Waals surface area contributed by atoms with Gasteiger partial charge in [-0.1, -0.05) is 6.07 Å². The first-order valence-electron chi connectivity index (χ1n) is 5.56. The van der Waals surface area contributed by atoms with Crippen molar-refractivity contribution in [2.75, 3.05) is 17.3 Å².